The molecule has 0 amide bonds. The molecule has 0 saturated carbocycles. The highest BCUT2D eigenvalue weighted by Gasteiger charge is 2.12. The zero-order valence-corrected chi connectivity index (χ0v) is 12.1. The van der Waals surface area contributed by atoms with E-state index in [4.69, 9.17) is 11.6 Å². The molecular formula is C15H18ClN3. The summed E-state index contributed by atoms with van der Waals surface area (Å²) in [7, 11) is 0. The number of nitrogens with zero attached hydrogens (tertiary/aromatic N) is 3. The molecule has 0 bridgehead atoms. The van der Waals surface area contributed by atoms with Crippen LogP contribution in [0.4, 0.5) is 0 Å². The van der Waals surface area contributed by atoms with Crippen molar-refractivity contribution in [1.29, 1.82) is 0 Å². The van der Waals surface area contributed by atoms with Crippen molar-refractivity contribution in [3.05, 3.63) is 41.4 Å². The van der Waals surface area contributed by atoms with Crippen molar-refractivity contribution < 1.29 is 0 Å². The van der Waals surface area contributed by atoms with E-state index in [1.54, 1.807) is 0 Å². The molecule has 0 saturated heterocycles. The summed E-state index contributed by atoms with van der Waals surface area (Å²) in [5.41, 5.74) is 0.968. The minimum atomic E-state index is 0.271. The van der Waals surface area contributed by atoms with Crippen molar-refractivity contribution in [3.63, 3.8) is 0 Å². The van der Waals surface area contributed by atoms with Gasteiger partial charge in [0.1, 0.15) is 5.82 Å². The van der Waals surface area contributed by atoms with Gasteiger partial charge < -0.3 is 0 Å². The fourth-order valence-electron chi connectivity index (χ4n) is 1.94. The zero-order chi connectivity index (χ0) is 13.7. The Bertz CT molecular complexity index is 528. The van der Waals surface area contributed by atoms with Gasteiger partial charge >= 0.3 is 0 Å². The zero-order valence-electron chi connectivity index (χ0n) is 11.3. The molecule has 19 heavy (non-hydrogen) atoms. The van der Waals surface area contributed by atoms with Crippen LogP contribution >= 0.6 is 11.6 Å². The smallest absolute Gasteiger partial charge is 0.213 e. The highest BCUT2D eigenvalue weighted by Crippen LogP contribution is 2.22. The van der Waals surface area contributed by atoms with Gasteiger partial charge in [-0.25, -0.2) is 9.97 Å². The van der Waals surface area contributed by atoms with Crippen molar-refractivity contribution in [1.82, 2.24) is 15.0 Å². The molecule has 2 aromatic rings. The molecule has 2 rings (SSSR count). The van der Waals surface area contributed by atoms with Gasteiger partial charge in [-0.05, 0) is 18.0 Å². The number of hydrogen-bond donors (Lipinski definition) is 0. The molecule has 0 aliphatic rings. The SMILES string of the molecule is CCCCC(C)c1nc(Cl)nc(-c2ccccc2)n1. The molecule has 1 unspecified atom stereocenters. The summed E-state index contributed by atoms with van der Waals surface area (Å²) in [4.78, 5) is 13.0. The van der Waals surface area contributed by atoms with Crippen molar-refractivity contribution in [2.24, 2.45) is 0 Å². The number of hydrogen-bond acceptors (Lipinski definition) is 3. The fourth-order valence-corrected chi connectivity index (χ4v) is 2.11. The second-order valence-corrected chi connectivity index (χ2v) is 5.03. The third-order valence-corrected chi connectivity index (χ3v) is 3.26. The van der Waals surface area contributed by atoms with E-state index in [-0.39, 0.29) is 5.28 Å². The first-order valence-electron chi connectivity index (χ1n) is 6.67. The Morgan fingerprint density at radius 3 is 2.53 bits per heavy atom. The molecule has 0 N–H and O–H groups in total. The van der Waals surface area contributed by atoms with Crippen LogP contribution in [0, 0.1) is 0 Å². The van der Waals surface area contributed by atoms with Crippen LogP contribution in [0.5, 0.6) is 0 Å². The van der Waals surface area contributed by atoms with Gasteiger partial charge in [0.25, 0.3) is 0 Å². The lowest BCUT2D eigenvalue weighted by molar-refractivity contribution is 0.593. The summed E-state index contributed by atoms with van der Waals surface area (Å²) in [5, 5.41) is 0.271. The van der Waals surface area contributed by atoms with E-state index in [2.05, 4.69) is 28.8 Å². The van der Waals surface area contributed by atoms with Crippen LogP contribution in [0.1, 0.15) is 44.9 Å². The maximum absolute atomic E-state index is 6.02. The molecule has 1 heterocycles. The Kier molecular flexibility index (Phi) is 4.86. The minimum absolute atomic E-state index is 0.271. The summed E-state index contributed by atoms with van der Waals surface area (Å²) < 4.78 is 0. The molecule has 0 radical (unpaired) electrons. The molecule has 3 nitrogen and oxygen atoms in total. The van der Waals surface area contributed by atoms with E-state index in [0.717, 1.165) is 17.8 Å². The average molecular weight is 276 g/mol. The van der Waals surface area contributed by atoms with Gasteiger partial charge in [0.15, 0.2) is 5.82 Å². The van der Waals surface area contributed by atoms with Gasteiger partial charge in [-0.1, -0.05) is 57.0 Å². The summed E-state index contributed by atoms with van der Waals surface area (Å²) in [6.07, 6.45) is 3.42. The molecular weight excluding hydrogens is 258 g/mol. The van der Waals surface area contributed by atoms with Gasteiger partial charge in [-0.3, -0.25) is 0 Å². The van der Waals surface area contributed by atoms with Crippen molar-refractivity contribution in [2.75, 3.05) is 0 Å². The van der Waals surface area contributed by atoms with Crippen LogP contribution in [0.3, 0.4) is 0 Å². The van der Waals surface area contributed by atoms with Crippen LogP contribution in [0.15, 0.2) is 30.3 Å². The first-order valence-corrected chi connectivity index (χ1v) is 7.05. The summed E-state index contributed by atoms with van der Waals surface area (Å²) in [5.74, 6) is 1.74. The van der Waals surface area contributed by atoms with Crippen molar-refractivity contribution >= 4 is 11.6 Å². The fraction of sp³-hybridized carbons (Fsp3) is 0.400. The Morgan fingerprint density at radius 2 is 1.84 bits per heavy atom. The normalized spacial score (nSPS) is 12.4. The first-order chi connectivity index (χ1) is 9.20. The van der Waals surface area contributed by atoms with Gasteiger partial charge in [-0.2, -0.15) is 4.98 Å². The Labute approximate surface area is 119 Å². The number of aromatic nitrogens is 3. The van der Waals surface area contributed by atoms with E-state index >= 15 is 0 Å². The summed E-state index contributed by atoms with van der Waals surface area (Å²) in [6.45, 7) is 4.32. The van der Waals surface area contributed by atoms with E-state index in [0.29, 0.717) is 11.7 Å². The van der Waals surface area contributed by atoms with E-state index in [1.807, 2.05) is 30.3 Å². The first kappa shape index (κ1) is 13.9. The topological polar surface area (TPSA) is 38.7 Å². The maximum Gasteiger partial charge on any atom is 0.226 e. The molecule has 0 fully saturated rings. The second-order valence-electron chi connectivity index (χ2n) is 4.70. The molecule has 4 heteroatoms. The van der Waals surface area contributed by atoms with Gasteiger partial charge in [-0.15, -0.1) is 0 Å². The molecule has 100 valence electrons. The third kappa shape index (κ3) is 3.74. The molecule has 1 aromatic carbocycles. The standard InChI is InChI=1S/C15H18ClN3/c1-3-4-8-11(2)13-17-14(19-15(16)18-13)12-9-6-5-7-10-12/h5-7,9-11H,3-4,8H2,1-2H3. The number of halogens is 1. The molecule has 1 aromatic heterocycles. The lowest BCUT2D eigenvalue weighted by Gasteiger charge is -2.10. The van der Waals surface area contributed by atoms with Crippen LogP contribution < -0.4 is 0 Å². The lowest BCUT2D eigenvalue weighted by Crippen LogP contribution is -2.04. The number of unbranched alkanes of at least 4 members (excludes halogenated alkanes) is 1. The Morgan fingerprint density at radius 1 is 1.11 bits per heavy atom. The largest absolute Gasteiger partial charge is 0.226 e. The lowest BCUT2D eigenvalue weighted by atomic mass is 10.0. The predicted molar refractivity (Wildman–Crippen MR) is 78.2 cm³/mol. The van der Waals surface area contributed by atoms with Crippen molar-refractivity contribution in [2.45, 2.75) is 39.0 Å². The highest BCUT2D eigenvalue weighted by atomic mass is 35.5. The predicted octanol–water partition coefficient (Wildman–Crippen LogP) is 4.49. The average Bonchev–Trinajstić information content (AvgIpc) is 2.45. The number of benzene rings is 1. The maximum atomic E-state index is 6.02. The minimum Gasteiger partial charge on any atom is -0.213 e. The Balaban J connectivity index is 2.29. The van der Waals surface area contributed by atoms with E-state index in [9.17, 15) is 0 Å². The van der Waals surface area contributed by atoms with E-state index < -0.39 is 0 Å². The summed E-state index contributed by atoms with van der Waals surface area (Å²) >= 11 is 6.02. The van der Waals surface area contributed by atoms with Crippen molar-refractivity contribution in [3.8, 4) is 11.4 Å². The second kappa shape index (κ2) is 6.62. The Hall–Kier alpha value is -1.48. The highest BCUT2D eigenvalue weighted by molar-refractivity contribution is 6.28. The molecule has 1 atom stereocenters. The van der Waals surface area contributed by atoms with Gasteiger partial charge in [0.2, 0.25) is 5.28 Å². The van der Waals surface area contributed by atoms with Crippen LogP contribution in [-0.4, -0.2) is 15.0 Å². The van der Waals surface area contributed by atoms with Gasteiger partial charge in [0.05, 0.1) is 0 Å². The van der Waals surface area contributed by atoms with Crippen LogP contribution in [0.2, 0.25) is 5.28 Å². The van der Waals surface area contributed by atoms with Crippen LogP contribution in [-0.2, 0) is 0 Å². The summed E-state index contributed by atoms with van der Waals surface area (Å²) in [6, 6.07) is 9.86. The van der Waals surface area contributed by atoms with Crippen LogP contribution in [0.25, 0.3) is 11.4 Å². The monoisotopic (exact) mass is 275 g/mol. The molecule has 0 aliphatic carbocycles. The molecule has 0 aliphatic heterocycles. The van der Waals surface area contributed by atoms with E-state index in [1.165, 1.54) is 12.8 Å². The third-order valence-electron chi connectivity index (χ3n) is 3.09. The number of rotatable bonds is 5. The molecule has 0 spiro atoms. The quantitative estimate of drug-likeness (QED) is 0.807. The van der Waals surface area contributed by atoms with Gasteiger partial charge in [0, 0.05) is 11.5 Å².